The highest BCUT2D eigenvalue weighted by atomic mass is 32.2. The molecule has 20 heavy (non-hydrogen) atoms. The van der Waals surface area contributed by atoms with Gasteiger partial charge in [-0.25, -0.2) is 0 Å². The van der Waals surface area contributed by atoms with Crippen LogP contribution in [0.3, 0.4) is 0 Å². The van der Waals surface area contributed by atoms with E-state index < -0.39 is 0 Å². The molecule has 0 amide bonds. The van der Waals surface area contributed by atoms with Crippen LogP contribution >= 0.6 is 11.8 Å². The zero-order valence-electron chi connectivity index (χ0n) is 10.7. The standard InChI is InChI=1S/C8H6O2.C8H6OS/c2*9-8-5-6-3-1-2-4-7(6)10-8/h2*1-4H,5H2. The third-order valence-electron chi connectivity index (χ3n) is 3.06. The fourth-order valence-corrected chi connectivity index (χ4v) is 3.02. The Kier molecular flexibility index (Phi) is 3.56. The molecule has 2 heterocycles. The fourth-order valence-electron chi connectivity index (χ4n) is 2.13. The van der Waals surface area contributed by atoms with Crippen molar-refractivity contribution in [1.29, 1.82) is 0 Å². The summed E-state index contributed by atoms with van der Waals surface area (Å²) in [6.45, 7) is 0. The molecular formula is C16H12O3S. The molecule has 0 bridgehead atoms. The fraction of sp³-hybridized carbons (Fsp3) is 0.125. The molecule has 2 aliphatic rings. The molecule has 0 fully saturated rings. The summed E-state index contributed by atoms with van der Waals surface area (Å²) < 4.78 is 4.87. The Bertz CT molecular complexity index is 565. The van der Waals surface area contributed by atoms with Crippen LogP contribution in [-0.2, 0) is 22.4 Å². The summed E-state index contributed by atoms with van der Waals surface area (Å²) >= 11 is 1.35. The lowest BCUT2D eigenvalue weighted by atomic mass is 10.2. The molecule has 0 atom stereocenters. The summed E-state index contributed by atoms with van der Waals surface area (Å²) in [4.78, 5) is 22.7. The van der Waals surface area contributed by atoms with Crippen LogP contribution in [0.4, 0.5) is 0 Å². The van der Waals surface area contributed by atoms with Gasteiger partial charge in [0.1, 0.15) is 5.75 Å². The van der Waals surface area contributed by atoms with Crippen LogP contribution in [0.1, 0.15) is 11.1 Å². The second kappa shape index (κ2) is 5.51. The third-order valence-corrected chi connectivity index (χ3v) is 4.05. The summed E-state index contributed by atoms with van der Waals surface area (Å²) in [7, 11) is 0. The Morgan fingerprint density at radius 1 is 0.850 bits per heavy atom. The van der Waals surface area contributed by atoms with Gasteiger partial charge in [-0.05, 0) is 17.7 Å². The highest BCUT2D eigenvalue weighted by molar-refractivity contribution is 8.14. The summed E-state index contributed by atoms with van der Waals surface area (Å²) in [5, 5.41) is 0.265. The van der Waals surface area contributed by atoms with E-state index in [9.17, 15) is 9.59 Å². The normalized spacial score (nSPS) is 15.0. The van der Waals surface area contributed by atoms with Gasteiger partial charge < -0.3 is 4.74 Å². The van der Waals surface area contributed by atoms with E-state index in [1.165, 1.54) is 17.3 Å². The molecule has 2 aromatic carbocycles. The highest BCUT2D eigenvalue weighted by Crippen LogP contribution is 2.31. The Morgan fingerprint density at radius 2 is 1.55 bits per heavy atom. The number of benzene rings is 2. The topological polar surface area (TPSA) is 43.4 Å². The second-order valence-corrected chi connectivity index (χ2v) is 5.62. The molecule has 0 N–H and O–H groups in total. The number of thioether (sulfide) groups is 1. The molecule has 0 saturated carbocycles. The lowest BCUT2D eigenvalue weighted by Crippen LogP contribution is -1.99. The first-order chi connectivity index (χ1) is 9.72. The minimum Gasteiger partial charge on any atom is -0.426 e. The van der Waals surface area contributed by atoms with E-state index in [2.05, 4.69) is 0 Å². The van der Waals surface area contributed by atoms with E-state index in [4.69, 9.17) is 4.74 Å². The number of hydrogen-bond donors (Lipinski definition) is 0. The molecule has 0 aromatic heterocycles. The molecule has 4 heteroatoms. The van der Waals surface area contributed by atoms with Gasteiger partial charge >= 0.3 is 5.97 Å². The van der Waals surface area contributed by atoms with Crippen LogP contribution in [0.25, 0.3) is 0 Å². The molecule has 0 spiro atoms. The Morgan fingerprint density at radius 3 is 2.30 bits per heavy atom. The molecule has 2 aromatic rings. The van der Waals surface area contributed by atoms with E-state index in [1.807, 2.05) is 42.5 Å². The lowest BCUT2D eigenvalue weighted by molar-refractivity contribution is -0.131. The average Bonchev–Trinajstić information content (AvgIpc) is 2.99. The van der Waals surface area contributed by atoms with Crippen molar-refractivity contribution in [2.45, 2.75) is 17.7 Å². The molecule has 2 aliphatic heterocycles. The van der Waals surface area contributed by atoms with E-state index in [1.54, 1.807) is 6.07 Å². The Balaban J connectivity index is 0.000000121. The monoisotopic (exact) mass is 284 g/mol. The Labute approximate surface area is 121 Å². The van der Waals surface area contributed by atoms with Gasteiger partial charge in [-0.1, -0.05) is 48.2 Å². The molecule has 0 saturated heterocycles. The predicted octanol–water partition coefficient (Wildman–Crippen LogP) is 3.01. The van der Waals surface area contributed by atoms with Crippen molar-refractivity contribution in [3.63, 3.8) is 0 Å². The van der Waals surface area contributed by atoms with Crippen LogP contribution in [0.2, 0.25) is 0 Å². The van der Waals surface area contributed by atoms with Crippen LogP contribution in [0, 0.1) is 0 Å². The number of carbonyl (C=O) groups is 2. The number of carbonyl (C=O) groups excluding carboxylic acids is 2. The van der Waals surface area contributed by atoms with E-state index in [-0.39, 0.29) is 11.1 Å². The van der Waals surface area contributed by atoms with Gasteiger partial charge in [-0.3, -0.25) is 9.59 Å². The first-order valence-electron chi connectivity index (χ1n) is 6.29. The molecule has 100 valence electrons. The van der Waals surface area contributed by atoms with Gasteiger partial charge in [0.15, 0.2) is 5.12 Å². The number of fused-ring (bicyclic) bond motifs is 2. The molecule has 4 rings (SSSR count). The minimum atomic E-state index is -0.152. The summed E-state index contributed by atoms with van der Waals surface area (Å²) in [5.74, 6) is 0.564. The maximum absolute atomic E-state index is 10.9. The lowest BCUT2D eigenvalue weighted by Gasteiger charge is -1.91. The SMILES string of the molecule is O=C1Cc2ccccc2O1.O=C1Cc2ccccc2S1. The largest absolute Gasteiger partial charge is 0.426 e. The summed E-state index contributed by atoms with van der Waals surface area (Å²) in [5.41, 5.74) is 2.17. The zero-order valence-corrected chi connectivity index (χ0v) is 11.5. The summed E-state index contributed by atoms with van der Waals surface area (Å²) in [6.07, 6.45) is 1.04. The van der Waals surface area contributed by atoms with Crippen molar-refractivity contribution in [1.82, 2.24) is 0 Å². The second-order valence-electron chi connectivity index (χ2n) is 4.52. The average molecular weight is 284 g/mol. The Hall–Kier alpha value is -2.07. The van der Waals surface area contributed by atoms with E-state index >= 15 is 0 Å². The van der Waals surface area contributed by atoms with Crippen molar-refractivity contribution < 1.29 is 14.3 Å². The first-order valence-corrected chi connectivity index (χ1v) is 7.11. The van der Waals surface area contributed by atoms with Gasteiger partial charge in [0.25, 0.3) is 0 Å². The molecule has 0 radical (unpaired) electrons. The van der Waals surface area contributed by atoms with E-state index in [0.29, 0.717) is 18.6 Å². The number of esters is 1. The van der Waals surface area contributed by atoms with Gasteiger partial charge in [0, 0.05) is 16.9 Å². The predicted molar refractivity (Wildman–Crippen MR) is 76.8 cm³/mol. The van der Waals surface area contributed by atoms with Crippen molar-refractivity contribution in [3.8, 4) is 5.75 Å². The maximum atomic E-state index is 10.9. The van der Waals surface area contributed by atoms with Gasteiger partial charge in [0.2, 0.25) is 0 Å². The first kappa shape index (κ1) is 12.9. The number of hydrogen-bond acceptors (Lipinski definition) is 4. The quantitative estimate of drug-likeness (QED) is 0.551. The number of para-hydroxylation sites is 1. The maximum Gasteiger partial charge on any atom is 0.315 e. The van der Waals surface area contributed by atoms with Crippen molar-refractivity contribution in [3.05, 3.63) is 59.7 Å². The molecular weight excluding hydrogens is 272 g/mol. The molecule has 0 aliphatic carbocycles. The number of ether oxygens (including phenoxy) is 1. The van der Waals surface area contributed by atoms with Gasteiger partial charge in [0.05, 0.1) is 6.42 Å². The van der Waals surface area contributed by atoms with Gasteiger partial charge in [-0.15, -0.1) is 0 Å². The van der Waals surface area contributed by atoms with Crippen LogP contribution in [-0.4, -0.2) is 11.1 Å². The third kappa shape index (κ3) is 2.75. The highest BCUT2D eigenvalue weighted by Gasteiger charge is 2.18. The van der Waals surface area contributed by atoms with Gasteiger partial charge in [-0.2, -0.15) is 0 Å². The zero-order chi connectivity index (χ0) is 13.9. The van der Waals surface area contributed by atoms with E-state index in [0.717, 1.165) is 10.5 Å². The van der Waals surface area contributed by atoms with Crippen LogP contribution in [0.15, 0.2) is 53.4 Å². The number of rotatable bonds is 0. The molecule has 0 unspecified atom stereocenters. The van der Waals surface area contributed by atoms with Crippen molar-refractivity contribution in [2.75, 3.05) is 0 Å². The van der Waals surface area contributed by atoms with Crippen LogP contribution in [0.5, 0.6) is 5.75 Å². The van der Waals surface area contributed by atoms with Crippen molar-refractivity contribution >= 4 is 22.8 Å². The minimum absolute atomic E-state index is 0.152. The smallest absolute Gasteiger partial charge is 0.315 e. The van der Waals surface area contributed by atoms with Crippen molar-refractivity contribution in [2.24, 2.45) is 0 Å². The summed E-state index contributed by atoms with van der Waals surface area (Å²) in [6, 6.07) is 15.4. The molecule has 3 nitrogen and oxygen atoms in total. The van der Waals surface area contributed by atoms with Crippen LogP contribution < -0.4 is 4.74 Å².